The Morgan fingerprint density at radius 2 is 1.02 bits per heavy atom. The monoisotopic (exact) mass is 642 g/mol. The van der Waals surface area contributed by atoms with Crippen LogP contribution in [0.3, 0.4) is 0 Å². The van der Waals surface area contributed by atoms with Crippen LogP contribution < -0.4 is 0 Å². The summed E-state index contributed by atoms with van der Waals surface area (Å²) in [6.07, 6.45) is 3.84. The van der Waals surface area contributed by atoms with Gasteiger partial charge in [0.25, 0.3) is 0 Å². The van der Waals surface area contributed by atoms with Crippen LogP contribution in [0.4, 0.5) is 0 Å². The van der Waals surface area contributed by atoms with Crippen molar-refractivity contribution in [2.24, 2.45) is 0 Å². The number of nitrogens with zero attached hydrogens (tertiary/aromatic N) is 4. The maximum Gasteiger partial charge on any atom is 0.164 e. The van der Waals surface area contributed by atoms with Gasteiger partial charge < -0.3 is 0 Å². The zero-order chi connectivity index (χ0) is 32.3. The molecular weight excluding hydrogens is 617 g/mol. The van der Waals surface area contributed by atoms with Gasteiger partial charge >= 0.3 is 0 Å². The third-order valence-electron chi connectivity index (χ3n) is 9.40. The van der Waals surface area contributed by atoms with E-state index < -0.39 is 0 Å². The van der Waals surface area contributed by atoms with E-state index >= 15 is 0 Å². The van der Waals surface area contributed by atoms with Crippen LogP contribution in [-0.4, -0.2) is 19.9 Å². The first-order valence-electron chi connectivity index (χ1n) is 16.3. The molecule has 0 spiro atoms. The van der Waals surface area contributed by atoms with Gasteiger partial charge in [-0.2, -0.15) is 0 Å². The van der Waals surface area contributed by atoms with Crippen molar-refractivity contribution in [1.82, 2.24) is 19.9 Å². The van der Waals surface area contributed by atoms with Gasteiger partial charge in [0.15, 0.2) is 17.5 Å². The highest BCUT2D eigenvalue weighted by Crippen LogP contribution is 2.40. The van der Waals surface area contributed by atoms with Crippen LogP contribution in [0.5, 0.6) is 0 Å². The molecule has 7 aromatic carbocycles. The van der Waals surface area contributed by atoms with Crippen LogP contribution in [0.2, 0.25) is 0 Å². The predicted octanol–water partition coefficient (Wildman–Crippen LogP) is 11.8. The Kier molecular flexibility index (Phi) is 6.32. The molecule has 10 rings (SSSR count). The Labute approximate surface area is 286 Å². The first-order valence-corrected chi connectivity index (χ1v) is 17.1. The summed E-state index contributed by atoms with van der Waals surface area (Å²) in [7, 11) is 0. The van der Waals surface area contributed by atoms with E-state index in [4.69, 9.17) is 15.0 Å². The fourth-order valence-corrected chi connectivity index (χ4v) is 8.16. The molecule has 0 saturated carbocycles. The van der Waals surface area contributed by atoms with Crippen molar-refractivity contribution in [3.05, 3.63) is 158 Å². The van der Waals surface area contributed by atoms with Crippen molar-refractivity contribution in [2.75, 3.05) is 0 Å². The van der Waals surface area contributed by atoms with Crippen molar-refractivity contribution in [1.29, 1.82) is 0 Å². The smallest absolute Gasteiger partial charge is 0.164 e. The van der Waals surface area contributed by atoms with Gasteiger partial charge in [0.1, 0.15) is 0 Å². The standard InChI is InChI=1S/C44H26N4S/c1-2-8-29(9-3-1)42-46-43(48-44(47-42)32-19-20-35-34-12-6-7-13-39(34)49-40(35)25-32)30-16-14-27(15-17-30)37-24-31-10-4-5-11-33(31)36-21-18-28-22-23-45-26-38(28)41(36)37/h1-26H. The van der Waals surface area contributed by atoms with Gasteiger partial charge in [-0.1, -0.05) is 121 Å². The average molecular weight is 643 g/mol. The molecule has 10 aromatic rings. The Balaban J connectivity index is 1.13. The lowest BCUT2D eigenvalue weighted by Gasteiger charge is -2.14. The normalized spacial score (nSPS) is 11.7. The first kappa shape index (κ1) is 27.8. The summed E-state index contributed by atoms with van der Waals surface area (Å²) in [6.45, 7) is 0. The molecule has 49 heavy (non-hydrogen) atoms. The van der Waals surface area contributed by atoms with Crippen molar-refractivity contribution in [3.63, 3.8) is 0 Å². The van der Waals surface area contributed by atoms with Crippen LogP contribution in [0, 0.1) is 0 Å². The minimum absolute atomic E-state index is 0.643. The van der Waals surface area contributed by atoms with E-state index in [2.05, 4.69) is 120 Å². The van der Waals surface area contributed by atoms with E-state index in [9.17, 15) is 0 Å². The summed E-state index contributed by atoms with van der Waals surface area (Å²) in [5.41, 5.74) is 5.17. The summed E-state index contributed by atoms with van der Waals surface area (Å²) >= 11 is 1.80. The van der Waals surface area contributed by atoms with Crippen LogP contribution in [0.1, 0.15) is 0 Å². The maximum absolute atomic E-state index is 5.07. The lowest BCUT2D eigenvalue weighted by molar-refractivity contribution is 1.07. The Morgan fingerprint density at radius 3 is 1.86 bits per heavy atom. The lowest BCUT2D eigenvalue weighted by atomic mass is 9.90. The van der Waals surface area contributed by atoms with Crippen molar-refractivity contribution in [3.8, 4) is 45.3 Å². The van der Waals surface area contributed by atoms with Crippen molar-refractivity contribution < 1.29 is 0 Å². The van der Waals surface area contributed by atoms with E-state index in [0.717, 1.165) is 27.6 Å². The highest BCUT2D eigenvalue weighted by Gasteiger charge is 2.16. The second kappa shape index (κ2) is 11.2. The molecule has 0 aliphatic carbocycles. The van der Waals surface area contributed by atoms with Gasteiger partial charge in [0.05, 0.1) is 0 Å². The summed E-state index contributed by atoms with van der Waals surface area (Å²) < 4.78 is 2.50. The van der Waals surface area contributed by atoms with Gasteiger partial charge in [-0.05, 0) is 62.3 Å². The minimum Gasteiger partial charge on any atom is -0.264 e. The van der Waals surface area contributed by atoms with E-state index in [-0.39, 0.29) is 0 Å². The third kappa shape index (κ3) is 4.66. The van der Waals surface area contributed by atoms with Crippen LogP contribution in [0.25, 0.3) is 97.8 Å². The largest absolute Gasteiger partial charge is 0.264 e. The van der Waals surface area contributed by atoms with Gasteiger partial charge in [0, 0.05) is 54.6 Å². The molecule has 0 atom stereocenters. The average Bonchev–Trinajstić information content (AvgIpc) is 3.55. The maximum atomic E-state index is 5.07. The molecule has 0 radical (unpaired) electrons. The number of benzene rings is 7. The van der Waals surface area contributed by atoms with Crippen LogP contribution in [-0.2, 0) is 0 Å². The highest BCUT2D eigenvalue weighted by molar-refractivity contribution is 7.25. The van der Waals surface area contributed by atoms with Crippen LogP contribution in [0.15, 0.2) is 158 Å². The Bertz CT molecular complexity index is 2880. The fraction of sp³-hybridized carbons (Fsp3) is 0. The topological polar surface area (TPSA) is 51.6 Å². The molecule has 0 saturated heterocycles. The predicted molar refractivity (Wildman–Crippen MR) is 205 cm³/mol. The first-order chi connectivity index (χ1) is 24.3. The SMILES string of the molecule is c1ccc(-c2nc(-c3ccc(-c4cc5ccccc5c5ccc6ccncc6c45)cc3)nc(-c3ccc4c(c3)sc3ccccc34)n2)cc1. The molecule has 228 valence electrons. The quantitative estimate of drug-likeness (QED) is 0.179. The molecule has 0 bridgehead atoms. The van der Waals surface area contributed by atoms with E-state index in [1.54, 1.807) is 11.3 Å². The molecule has 0 amide bonds. The zero-order valence-corrected chi connectivity index (χ0v) is 27.0. The molecule has 3 aromatic heterocycles. The van der Waals surface area contributed by atoms with E-state index in [0.29, 0.717) is 17.5 Å². The Hall–Kier alpha value is -6.30. The summed E-state index contributed by atoms with van der Waals surface area (Å²) in [5, 5.41) is 9.74. The fourth-order valence-electron chi connectivity index (χ4n) is 7.01. The molecule has 5 heteroatoms. The molecule has 0 aliphatic rings. The number of pyridine rings is 1. The molecule has 0 fully saturated rings. The summed E-state index contributed by atoms with van der Waals surface area (Å²) in [4.78, 5) is 19.6. The lowest BCUT2D eigenvalue weighted by Crippen LogP contribution is -2.00. The highest BCUT2D eigenvalue weighted by atomic mass is 32.1. The van der Waals surface area contributed by atoms with Gasteiger partial charge in [0.2, 0.25) is 0 Å². The van der Waals surface area contributed by atoms with Crippen molar-refractivity contribution >= 4 is 63.8 Å². The van der Waals surface area contributed by atoms with Gasteiger partial charge in [-0.3, -0.25) is 4.98 Å². The molecule has 4 nitrogen and oxygen atoms in total. The number of hydrogen-bond acceptors (Lipinski definition) is 5. The number of hydrogen-bond donors (Lipinski definition) is 0. The van der Waals surface area contributed by atoms with Gasteiger partial charge in [-0.25, -0.2) is 15.0 Å². The Morgan fingerprint density at radius 1 is 0.388 bits per heavy atom. The number of aromatic nitrogens is 4. The second-order valence-corrected chi connectivity index (χ2v) is 13.4. The molecule has 0 unspecified atom stereocenters. The number of thiophene rings is 1. The second-order valence-electron chi connectivity index (χ2n) is 12.3. The van der Waals surface area contributed by atoms with E-state index in [1.165, 1.54) is 52.7 Å². The zero-order valence-electron chi connectivity index (χ0n) is 26.2. The molecule has 0 N–H and O–H groups in total. The molecule has 0 aliphatic heterocycles. The minimum atomic E-state index is 0.643. The van der Waals surface area contributed by atoms with Gasteiger partial charge in [-0.15, -0.1) is 11.3 Å². The number of fused-ring (bicyclic) bond motifs is 8. The van der Waals surface area contributed by atoms with Crippen molar-refractivity contribution in [2.45, 2.75) is 0 Å². The molecular formula is C44H26N4S. The summed E-state index contributed by atoms with van der Waals surface area (Å²) in [5.74, 6) is 1.96. The van der Waals surface area contributed by atoms with Crippen LogP contribution >= 0.6 is 11.3 Å². The van der Waals surface area contributed by atoms with E-state index in [1.807, 2.05) is 42.7 Å². The summed E-state index contributed by atoms with van der Waals surface area (Å²) in [6, 6.07) is 51.3. The molecule has 3 heterocycles. The number of rotatable bonds is 4. The third-order valence-corrected chi connectivity index (χ3v) is 10.5.